The Morgan fingerprint density at radius 1 is 1.04 bits per heavy atom. The van der Waals surface area contributed by atoms with E-state index < -0.39 is 30.5 Å². The first-order chi connectivity index (χ1) is 12.2. The fraction of sp³-hybridized carbons (Fsp3) is 0.556. The lowest BCUT2D eigenvalue weighted by Crippen LogP contribution is -2.38. The van der Waals surface area contributed by atoms with Crippen molar-refractivity contribution < 1.29 is 27.9 Å². The highest BCUT2D eigenvalue weighted by Gasteiger charge is 2.25. The van der Waals surface area contributed by atoms with Crippen LogP contribution in [0.15, 0.2) is 24.3 Å². The molecule has 1 aromatic rings. The molecule has 146 valence electrons. The summed E-state index contributed by atoms with van der Waals surface area (Å²) < 4.78 is 36.0. The summed E-state index contributed by atoms with van der Waals surface area (Å²) in [5.41, 5.74) is 1.19. The number of nitrogens with one attached hydrogen (secondary N) is 2. The highest BCUT2D eigenvalue weighted by Crippen LogP contribution is 2.23. The van der Waals surface area contributed by atoms with Crippen molar-refractivity contribution in [3.8, 4) is 0 Å². The minimum atomic E-state index is -4.06. The number of carboxylic acids is 1. The zero-order valence-corrected chi connectivity index (χ0v) is 14.7. The molecule has 0 spiro atoms. The monoisotopic (exact) mass is 374 g/mol. The predicted octanol–water partition coefficient (Wildman–Crippen LogP) is 4.20. The van der Waals surface area contributed by atoms with Gasteiger partial charge in [-0.1, -0.05) is 19.3 Å². The number of hydrogen-bond donors (Lipinski definition) is 3. The summed E-state index contributed by atoms with van der Waals surface area (Å²) >= 11 is 0. The number of alkyl halides is 3. The largest absolute Gasteiger partial charge is 0.480 e. The number of carbonyl (C=O) groups is 2. The second kappa shape index (κ2) is 10.7. The summed E-state index contributed by atoms with van der Waals surface area (Å²) in [7, 11) is 0. The van der Waals surface area contributed by atoms with Crippen LogP contribution in [-0.2, 0) is 4.79 Å². The van der Waals surface area contributed by atoms with E-state index in [1.165, 1.54) is 6.92 Å². The van der Waals surface area contributed by atoms with E-state index in [1.54, 1.807) is 24.3 Å². The number of hydrogen-bond acceptors (Lipinski definition) is 3. The fourth-order valence-electron chi connectivity index (χ4n) is 2.29. The molecule has 0 unspecified atom stereocenters. The van der Waals surface area contributed by atoms with E-state index in [-0.39, 0.29) is 6.42 Å². The molecule has 26 heavy (non-hydrogen) atoms. The molecule has 0 saturated heterocycles. The van der Waals surface area contributed by atoms with Crippen molar-refractivity contribution in [2.45, 2.75) is 57.7 Å². The number of carbonyl (C=O) groups excluding carboxylic acids is 1. The van der Waals surface area contributed by atoms with E-state index in [0.29, 0.717) is 18.5 Å². The Morgan fingerprint density at radius 3 is 2.19 bits per heavy atom. The van der Waals surface area contributed by atoms with E-state index in [4.69, 9.17) is 5.11 Å². The Bertz CT molecular complexity index is 574. The Hall–Kier alpha value is -2.25. The number of amides is 1. The van der Waals surface area contributed by atoms with Gasteiger partial charge in [0.25, 0.3) is 5.91 Å². The van der Waals surface area contributed by atoms with Crippen LogP contribution in [0.2, 0.25) is 0 Å². The van der Waals surface area contributed by atoms with Gasteiger partial charge in [0.15, 0.2) is 0 Å². The minimum absolute atomic E-state index is 0.181. The molecular weight excluding hydrogens is 349 g/mol. The van der Waals surface area contributed by atoms with E-state index in [0.717, 1.165) is 24.9 Å². The average molecular weight is 374 g/mol. The maximum absolute atomic E-state index is 12.0. The number of unbranched alkanes of at least 4 members (excludes halogenated alkanes) is 4. The fourth-order valence-corrected chi connectivity index (χ4v) is 2.29. The lowest BCUT2D eigenvalue weighted by molar-refractivity contribution is -0.139. The van der Waals surface area contributed by atoms with Gasteiger partial charge in [0.05, 0.1) is 0 Å². The number of aliphatic carboxylic acids is 1. The normalized spacial score (nSPS) is 12.5. The Labute approximate surface area is 151 Å². The molecular formula is C18H25F3N2O3. The first-order valence-corrected chi connectivity index (χ1v) is 8.63. The van der Waals surface area contributed by atoms with Crippen molar-refractivity contribution in [2.24, 2.45) is 0 Å². The van der Waals surface area contributed by atoms with Gasteiger partial charge >= 0.3 is 12.1 Å². The van der Waals surface area contributed by atoms with Crippen molar-refractivity contribution in [3.63, 3.8) is 0 Å². The SMILES string of the molecule is C[C@H](NC(=O)c1ccc(NCCCCCCCC(F)(F)F)cc1)C(=O)O. The van der Waals surface area contributed by atoms with Crippen LogP contribution < -0.4 is 10.6 Å². The quantitative estimate of drug-likeness (QED) is 0.507. The number of benzene rings is 1. The number of anilines is 1. The third kappa shape index (κ3) is 9.29. The van der Waals surface area contributed by atoms with Crippen molar-refractivity contribution in [2.75, 3.05) is 11.9 Å². The Balaban J connectivity index is 2.21. The Morgan fingerprint density at radius 2 is 1.62 bits per heavy atom. The van der Waals surface area contributed by atoms with Crippen LogP contribution >= 0.6 is 0 Å². The summed E-state index contributed by atoms with van der Waals surface area (Å²) in [4.78, 5) is 22.6. The van der Waals surface area contributed by atoms with Crippen LogP contribution in [0.5, 0.6) is 0 Å². The molecule has 5 nitrogen and oxygen atoms in total. The van der Waals surface area contributed by atoms with Gasteiger partial charge in [-0.15, -0.1) is 0 Å². The molecule has 8 heteroatoms. The maximum Gasteiger partial charge on any atom is 0.389 e. The lowest BCUT2D eigenvalue weighted by atomic mass is 10.1. The van der Waals surface area contributed by atoms with Crippen LogP contribution in [0.1, 0.15) is 55.8 Å². The Kier molecular flexibility index (Phi) is 8.95. The van der Waals surface area contributed by atoms with E-state index in [1.807, 2.05) is 0 Å². The third-order valence-corrected chi connectivity index (χ3v) is 3.83. The summed E-state index contributed by atoms with van der Waals surface area (Å²) in [6.45, 7) is 2.08. The van der Waals surface area contributed by atoms with Gasteiger partial charge < -0.3 is 15.7 Å². The topological polar surface area (TPSA) is 78.4 Å². The molecule has 0 aliphatic heterocycles. The third-order valence-electron chi connectivity index (χ3n) is 3.83. The van der Waals surface area contributed by atoms with Crippen LogP contribution in [-0.4, -0.2) is 35.7 Å². The first-order valence-electron chi connectivity index (χ1n) is 8.63. The molecule has 0 aromatic heterocycles. The molecule has 1 aromatic carbocycles. The second-order valence-corrected chi connectivity index (χ2v) is 6.17. The first kappa shape index (κ1) is 21.8. The number of carboxylic acid groups (broad SMARTS) is 1. The molecule has 1 rings (SSSR count). The molecule has 0 fully saturated rings. The minimum Gasteiger partial charge on any atom is -0.480 e. The smallest absolute Gasteiger partial charge is 0.389 e. The highest BCUT2D eigenvalue weighted by atomic mass is 19.4. The van der Waals surface area contributed by atoms with Gasteiger partial charge in [-0.25, -0.2) is 0 Å². The van der Waals surface area contributed by atoms with Crippen molar-refractivity contribution >= 4 is 17.6 Å². The lowest BCUT2D eigenvalue weighted by Gasteiger charge is -2.10. The molecule has 3 N–H and O–H groups in total. The number of rotatable bonds is 11. The van der Waals surface area contributed by atoms with Crippen LogP contribution in [0.4, 0.5) is 18.9 Å². The van der Waals surface area contributed by atoms with E-state index in [9.17, 15) is 22.8 Å². The van der Waals surface area contributed by atoms with E-state index >= 15 is 0 Å². The van der Waals surface area contributed by atoms with Crippen LogP contribution in [0.25, 0.3) is 0 Å². The molecule has 0 heterocycles. The molecule has 1 atom stereocenters. The van der Waals surface area contributed by atoms with E-state index in [2.05, 4.69) is 10.6 Å². The standard InChI is InChI=1S/C18H25F3N2O3/c1-13(17(25)26)23-16(24)14-7-9-15(10-8-14)22-12-6-4-2-3-5-11-18(19,20)21/h7-10,13,22H,2-6,11-12H2,1H3,(H,23,24)(H,25,26)/t13-/m0/s1. The van der Waals surface area contributed by atoms with Gasteiger partial charge in [0, 0.05) is 24.2 Å². The van der Waals surface area contributed by atoms with Gasteiger partial charge in [0.1, 0.15) is 6.04 Å². The molecule has 0 aliphatic carbocycles. The summed E-state index contributed by atoms with van der Waals surface area (Å²) in [5, 5.41) is 14.3. The molecule has 0 aliphatic rings. The molecule has 0 bridgehead atoms. The zero-order chi connectivity index (χ0) is 19.6. The van der Waals surface area contributed by atoms with Crippen LogP contribution in [0.3, 0.4) is 0 Å². The van der Waals surface area contributed by atoms with Gasteiger partial charge in [-0.05, 0) is 44.0 Å². The summed E-state index contributed by atoms with van der Waals surface area (Å²) in [5.74, 6) is -1.56. The molecule has 1 amide bonds. The van der Waals surface area contributed by atoms with Gasteiger partial charge in [-0.3, -0.25) is 9.59 Å². The van der Waals surface area contributed by atoms with Crippen molar-refractivity contribution in [1.29, 1.82) is 0 Å². The van der Waals surface area contributed by atoms with Gasteiger partial charge in [0.2, 0.25) is 0 Å². The van der Waals surface area contributed by atoms with Gasteiger partial charge in [-0.2, -0.15) is 13.2 Å². The predicted molar refractivity (Wildman–Crippen MR) is 93.3 cm³/mol. The summed E-state index contributed by atoms with van der Waals surface area (Å²) in [6, 6.07) is 5.69. The summed E-state index contributed by atoms with van der Waals surface area (Å²) in [6.07, 6.45) is -1.52. The van der Waals surface area contributed by atoms with Crippen molar-refractivity contribution in [3.05, 3.63) is 29.8 Å². The zero-order valence-electron chi connectivity index (χ0n) is 14.7. The average Bonchev–Trinajstić information content (AvgIpc) is 2.56. The van der Waals surface area contributed by atoms with Crippen molar-refractivity contribution in [1.82, 2.24) is 5.32 Å². The molecule has 0 radical (unpaired) electrons. The second-order valence-electron chi connectivity index (χ2n) is 6.17. The number of halogens is 3. The molecule has 0 saturated carbocycles. The maximum atomic E-state index is 12.0. The highest BCUT2D eigenvalue weighted by molar-refractivity contribution is 5.96. The van der Waals surface area contributed by atoms with Crippen LogP contribution in [0, 0.1) is 0 Å².